The zero-order valence-corrected chi connectivity index (χ0v) is 24.9. The van der Waals surface area contributed by atoms with Gasteiger partial charge in [-0.25, -0.2) is 0 Å². The number of hydrogen-bond acceptors (Lipinski definition) is 4. The van der Waals surface area contributed by atoms with E-state index in [0.29, 0.717) is 5.57 Å². The zero-order chi connectivity index (χ0) is 27.1. The van der Waals surface area contributed by atoms with Crippen LogP contribution in [0.5, 0.6) is 0 Å². The second-order valence-electron chi connectivity index (χ2n) is 9.88. The lowest BCUT2D eigenvalue weighted by atomic mass is 9.85. The normalized spacial score (nSPS) is 20.4. The molecule has 0 spiro atoms. The minimum atomic E-state index is -0.474. The van der Waals surface area contributed by atoms with Crippen LogP contribution in [0.25, 0.3) is 0 Å². The van der Waals surface area contributed by atoms with Crippen molar-refractivity contribution in [1.82, 2.24) is 15.5 Å². The number of allylic oxidation sites excluding steroid dienone is 5. The molecule has 6 heteroatoms. The number of carbonyl (C=O) groups is 1. The summed E-state index contributed by atoms with van der Waals surface area (Å²) < 4.78 is 0.729. The number of carbonyl (C=O) groups excluding carboxylic acids is 1. The van der Waals surface area contributed by atoms with Gasteiger partial charge in [-0.3, -0.25) is 4.79 Å². The van der Waals surface area contributed by atoms with E-state index in [9.17, 15) is 4.79 Å². The van der Waals surface area contributed by atoms with Crippen molar-refractivity contribution in [3.05, 3.63) is 80.8 Å². The first-order valence-electron chi connectivity index (χ1n) is 13.1. The molecule has 2 heterocycles. The van der Waals surface area contributed by atoms with Crippen LogP contribution in [-0.4, -0.2) is 29.4 Å². The molecule has 2 aliphatic rings. The van der Waals surface area contributed by atoms with Gasteiger partial charge in [0.2, 0.25) is 0 Å². The third kappa shape index (κ3) is 6.54. The predicted octanol–water partition coefficient (Wildman–Crippen LogP) is 7.86. The van der Waals surface area contributed by atoms with Crippen molar-refractivity contribution in [2.75, 3.05) is 7.05 Å². The SMILES string of the molecule is C=C(C)/C(C(=O)NC(CC)(CC)c1ccc(Cl)s1)=C1/N[C@@H](C2=CC=CC=CC2)CC(C)(C)N1C.CC. The smallest absolute Gasteiger partial charge is 0.255 e. The molecule has 198 valence electrons. The molecule has 0 saturated carbocycles. The Morgan fingerprint density at radius 3 is 2.47 bits per heavy atom. The van der Waals surface area contributed by atoms with Gasteiger partial charge in [0.15, 0.2) is 0 Å². The maximum Gasteiger partial charge on any atom is 0.255 e. The molecule has 0 bridgehead atoms. The average molecular weight is 530 g/mol. The van der Waals surface area contributed by atoms with Crippen molar-refractivity contribution < 1.29 is 4.79 Å². The number of rotatable bonds is 7. The van der Waals surface area contributed by atoms with Gasteiger partial charge < -0.3 is 15.5 Å². The maximum atomic E-state index is 13.9. The van der Waals surface area contributed by atoms with Crippen LogP contribution in [0, 0.1) is 0 Å². The van der Waals surface area contributed by atoms with E-state index >= 15 is 0 Å². The third-order valence-corrected chi connectivity index (χ3v) is 8.66. The standard InChI is InChI=1S/C28H38ClN3OS.C2H6/c1-8-28(9-2,22-16-17-23(29)34-22)31-26(33)24(19(3)4)25-30-21(18-27(5,6)32(25)7)20-14-12-10-11-13-15-20;1-2/h10-14,16-17,21,30H,3,8-9,15,18H2,1-2,4-7H3,(H,31,33);1-2H3/b25-24+;/t21-;/m1./s1. The lowest BCUT2D eigenvalue weighted by molar-refractivity contribution is -0.119. The molecule has 0 aromatic carbocycles. The van der Waals surface area contributed by atoms with Crippen LogP contribution in [-0.2, 0) is 10.3 Å². The largest absolute Gasteiger partial charge is 0.364 e. The van der Waals surface area contributed by atoms with Crippen LogP contribution in [0.4, 0.5) is 0 Å². The highest BCUT2D eigenvalue weighted by atomic mass is 35.5. The van der Waals surface area contributed by atoms with Crippen molar-refractivity contribution in [3.8, 4) is 0 Å². The first-order valence-corrected chi connectivity index (χ1v) is 14.2. The third-order valence-electron chi connectivity index (χ3n) is 7.22. The Kier molecular flexibility index (Phi) is 10.7. The van der Waals surface area contributed by atoms with Crippen molar-refractivity contribution >= 4 is 28.8 Å². The highest BCUT2D eigenvalue weighted by Crippen LogP contribution is 2.38. The molecule has 1 amide bonds. The summed E-state index contributed by atoms with van der Waals surface area (Å²) >= 11 is 7.78. The molecule has 1 atom stereocenters. The molecular formula is C30H44ClN3OS. The van der Waals surface area contributed by atoms with E-state index in [1.807, 2.05) is 32.9 Å². The zero-order valence-electron chi connectivity index (χ0n) is 23.3. The summed E-state index contributed by atoms with van der Waals surface area (Å²) in [6.07, 6.45) is 14.0. The van der Waals surface area contributed by atoms with Gasteiger partial charge in [0.1, 0.15) is 5.82 Å². The van der Waals surface area contributed by atoms with Gasteiger partial charge in [-0.05, 0) is 69.7 Å². The molecule has 1 aromatic rings. The molecule has 0 unspecified atom stereocenters. The van der Waals surface area contributed by atoms with E-state index in [4.69, 9.17) is 11.6 Å². The van der Waals surface area contributed by atoms with Crippen molar-refractivity contribution in [2.24, 2.45) is 0 Å². The highest BCUT2D eigenvalue weighted by molar-refractivity contribution is 7.16. The quantitative estimate of drug-likeness (QED) is 0.353. The van der Waals surface area contributed by atoms with Gasteiger partial charge >= 0.3 is 0 Å². The number of nitrogens with zero attached hydrogens (tertiary/aromatic N) is 1. The molecule has 1 fully saturated rings. The van der Waals surface area contributed by atoms with Crippen molar-refractivity contribution in [1.29, 1.82) is 0 Å². The van der Waals surface area contributed by atoms with E-state index < -0.39 is 5.54 Å². The summed E-state index contributed by atoms with van der Waals surface area (Å²) in [5.41, 5.74) is 2.05. The summed E-state index contributed by atoms with van der Waals surface area (Å²) in [6.45, 7) is 18.8. The first kappa shape index (κ1) is 30.0. The number of halogens is 1. The van der Waals surface area contributed by atoms with E-state index in [2.05, 4.69) is 87.2 Å². The fraction of sp³-hybridized carbons (Fsp3) is 0.500. The van der Waals surface area contributed by atoms with E-state index in [1.54, 1.807) is 0 Å². The van der Waals surface area contributed by atoms with Crippen molar-refractivity contribution in [3.63, 3.8) is 0 Å². The first-order chi connectivity index (χ1) is 17.0. The fourth-order valence-electron chi connectivity index (χ4n) is 4.76. The van der Waals surface area contributed by atoms with Crippen LogP contribution in [0.1, 0.15) is 79.0 Å². The van der Waals surface area contributed by atoms with Crippen LogP contribution in [0.3, 0.4) is 0 Å². The maximum absolute atomic E-state index is 13.9. The van der Waals surface area contributed by atoms with Gasteiger partial charge in [0, 0.05) is 17.5 Å². The van der Waals surface area contributed by atoms with E-state index in [0.717, 1.165) is 46.3 Å². The van der Waals surface area contributed by atoms with Gasteiger partial charge in [-0.15, -0.1) is 11.3 Å². The number of hydrogen-bond donors (Lipinski definition) is 2. The molecule has 3 rings (SSSR count). The summed E-state index contributed by atoms with van der Waals surface area (Å²) in [6, 6.07) is 4.06. The van der Waals surface area contributed by atoms with Gasteiger partial charge in [-0.1, -0.05) is 76.3 Å². The van der Waals surface area contributed by atoms with E-state index in [1.165, 1.54) is 16.9 Å². The summed E-state index contributed by atoms with van der Waals surface area (Å²) in [4.78, 5) is 17.2. The summed E-state index contributed by atoms with van der Waals surface area (Å²) in [5, 5.41) is 7.09. The Balaban J connectivity index is 0.00000222. The topological polar surface area (TPSA) is 44.4 Å². The Labute approximate surface area is 227 Å². The molecule has 1 aromatic heterocycles. The molecule has 4 nitrogen and oxygen atoms in total. The van der Waals surface area contributed by atoms with Gasteiger partial charge in [0.25, 0.3) is 5.91 Å². The predicted molar refractivity (Wildman–Crippen MR) is 157 cm³/mol. The molecule has 1 saturated heterocycles. The van der Waals surface area contributed by atoms with Gasteiger partial charge in [0.05, 0.1) is 21.5 Å². The van der Waals surface area contributed by atoms with Crippen molar-refractivity contribution in [2.45, 2.75) is 91.3 Å². The molecule has 36 heavy (non-hydrogen) atoms. The summed E-state index contributed by atoms with van der Waals surface area (Å²) in [7, 11) is 2.06. The van der Waals surface area contributed by atoms with Crippen LogP contribution in [0.2, 0.25) is 4.34 Å². The molecule has 1 aliphatic carbocycles. The Morgan fingerprint density at radius 1 is 1.25 bits per heavy atom. The monoisotopic (exact) mass is 529 g/mol. The number of thiophene rings is 1. The van der Waals surface area contributed by atoms with Crippen LogP contribution >= 0.6 is 22.9 Å². The lowest BCUT2D eigenvalue weighted by Gasteiger charge is -2.48. The molecule has 2 N–H and O–H groups in total. The minimum absolute atomic E-state index is 0.110. The lowest BCUT2D eigenvalue weighted by Crippen LogP contribution is -2.57. The number of nitrogens with one attached hydrogen (secondary N) is 2. The fourth-order valence-corrected chi connectivity index (χ4v) is 6.09. The second kappa shape index (κ2) is 12.8. The molecule has 0 radical (unpaired) electrons. The Bertz CT molecular complexity index is 1060. The van der Waals surface area contributed by atoms with Crippen LogP contribution in [0.15, 0.2) is 71.6 Å². The minimum Gasteiger partial charge on any atom is -0.364 e. The number of amides is 1. The Hall–Kier alpha value is -2.24. The Morgan fingerprint density at radius 2 is 1.92 bits per heavy atom. The molecule has 1 aliphatic heterocycles. The van der Waals surface area contributed by atoms with E-state index in [-0.39, 0.29) is 17.5 Å². The highest BCUT2D eigenvalue weighted by Gasteiger charge is 2.40. The second-order valence-corrected chi connectivity index (χ2v) is 11.6. The average Bonchev–Trinajstić information content (AvgIpc) is 3.10. The summed E-state index contributed by atoms with van der Waals surface area (Å²) in [5.74, 6) is 0.718. The van der Waals surface area contributed by atoms with Crippen LogP contribution < -0.4 is 10.6 Å². The van der Waals surface area contributed by atoms with Gasteiger partial charge in [-0.2, -0.15) is 0 Å². The molecular weight excluding hydrogens is 486 g/mol.